The van der Waals surface area contributed by atoms with Gasteiger partial charge in [0.25, 0.3) is 5.91 Å². The van der Waals surface area contributed by atoms with Crippen LogP contribution >= 0.6 is 11.6 Å². The largest absolute Gasteiger partial charge is 0.493 e. The molecule has 2 aliphatic rings. The number of methoxy groups -OCH3 is 2. The minimum absolute atomic E-state index is 0.0144. The topological polar surface area (TPSA) is 72.3 Å². The number of aromatic nitrogens is 2. The first kappa shape index (κ1) is 34.1. The van der Waals surface area contributed by atoms with Crippen LogP contribution in [0.2, 0.25) is 5.02 Å². The lowest BCUT2D eigenvalue weighted by Gasteiger charge is -2.33. The van der Waals surface area contributed by atoms with Crippen LogP contribution in [0.4, 0.5) is 5.95 Å². The molecule has 2 fully saturated rings. The average Bonchev–Trinajstić information content (AvgIpc) is 3.62. The number of hydrogen-bond acceptors (Lipinski definition) is 7. The van der Waals surface area contributed by atoms with Crippen molar-refractivity contribution in [1.29, 1.82) is 0 Å². The Bertz CT molecular complexity index is 1730. The van der Waals surface area contributed by atoms with Crippen LogP contribution in [0.25, 0.3) is 11.0 Å². The van der Waals surface area contributed by atoms with Crippen LogP contribution in [-0.2, 0) is 16.7 Å². The molecule has 3 aromatic carbocycles. The number of carbonyl (C=O) groups excluding carboxylic acids is 1. The molecule has 256 valence electrons. The van der Waals surface area contributed by atoms with Crippen LogP contribution in [0.15, 0.2) is 60.7 Å². The summed E-state index contributed by atoms with van der Waals surface area (Å²) in [5, 5.41) is 0.727. The molecular weight excluding hydrogens is 626 g/mol. The van der Waals surface area contributed by atoms with E-state index in [9.17, 15) is 4.79 Å². The van der Waals surface area contributed by atoms with E-state index in [-0.39, 0.29) is 11.3 Å². The highest BCUT2D eigenvalue weighted by Crippen LogP contribution is 2.40. The third kappa shape index (κ3) is 7.14. The van der Waals surface area contributed by atoms with Crippen LogP contribution in [0, 0.1) is 6.92 Å². The number of carbonyl (C=O) groups is 1. The number of aryl methyl sites for hydroxylation is 1. The molecule has 1 unspecified atom stereocenters. The summed E-state index contributed by atoms with van der Waals surface area (Å²) in [5.41, 5.74) is 4.68. The second kappa shape index (κ2) is 15.2. The molecule has 6 rings (SSSR count). The van der Waals surface area contributed by atoms with E-state index in [4.69, 9.17) is 30.8 Å². The third-order valence-corrected chi connectivity index (χ3v) is 10.3. The normalized spacial score (nSPS) is 18.8. The minimum atomic E-state index is -0.189. The van der Waals surface area contributed by atoms with Crippen LogP contribution in [0.5, 0.6) is 11.5 Å². The van der Waals surface area contributed by atoms with E-state index in [1.165, 1.54) is 5.56 Å². The van der Waals surface area contributed by atoms with Crippen LogP contribution in [-0.4, -0.2) is 98.5 Å². The number of ether oxygens (including phenoxy) is 3. The number of anilines is 1. The third-order valence-electron chi connectivity index (χ3n) is 10.1. The van der Waals surface area contributed by atoms with Gasteiger partial charge < -0.3 is 33.5 Å². The molecule has 10 heteroatoms. The minimum Gasteiger partial charge on any atom is -0.493 e. The van der Waals surface area contributed by atoms with E-state index >= 15 is 0 Å². The van der Waals surface area contributed by atoms with E-state index in [1.807, 2.05) is 36.9 Å². The summed E-state index contributed by atoms with van der Waals surface area (Å²) in [6, 6.07) is 20.3. The van der Waals surface area contributed by atoms with E-state index < -0.39 is 0 Å². The van der Waals surface area contributed by atoms with E-state index in [1.54, 1.807) is 20.3 Å². The fraction of sp³-hybridized carbons (Fsp3) is 0.474. The summed E-state index contributed by atoms with van der Waals surface area (Å²) in [7, 11) is 3.22. The number of amides is 1. The lowest BCUT2D eigenvalue weighted by Crippen LogP contribution is -2.39. The van der Waals surface area contributed by atoms with Gasteiger partial charge in [-0.1, -0.05) is 35.9 Å². The van der Waals surface area contributed by atoms with Crippen molar-refractivity contribution in [3.8, 4) is 11.5 Å². The van der Waals surface area contributed by atoms with Crippen molar-refractivity contribution >= 4 is 34.5 Å². The Labute approximate surface area is 289 Å². The highest BCUT2D eigenvalue weighted by atomic mass is 35.5. The zero-order chi connectivity index (χ0) is 33.7. The number of likely N-dealkylation sites (tertiary alicyclic amines) is 1. The number of hydrogen-bond donors (Lipinski definition) is 0. The lowest BCUT2D eigenvalue weighted by molar-refractivity contribution is 0.0780. The maximum atomic E-state index is 13.9. The number of fused-ring (bicyclic) bond motifs is 1. The number of imidazole rings is 1. The zero-order valence-electron chi connectivity index (χ0n) is 28.7. The van der Waals surface area contributed by atoms with Crippen molar-refractivity contribution in [2.45, 2.75) is 45.1 Å². The predicted octanol–water partition coefficient (Wildman–Crippen LogP) is 6.44. The zero-order valence-corrected chi connectivity index (χ0v) is 29.5. The fourth-order valence-electron chi connectivity index (χ4n) is 7.50. The molecule has 0 radical (unpaired) electrons. The highest BCUT2D eigenvalue weighted by Gasteiger charge is 2.42. The average molecular weight is 674 g/mol. The molecule has 2 aliphatic heterocycles. The lowest BCUT2D eigenvalue weighted by atomic mass is 9.76. The molecule has 1 atom stereocenters. The molecule has 1 amide bonds. The van der Waals surface area contributed by atoms with Crippen LogP contribution in [0.3, 0.4) is 0 Å². The van der Waals surface area contributed by atoms with Crippen molar-refractivity contribution in [2.75, 3.05) is 78.1 Å². The maximum Gasteiger partial charge on any atom is 0.254 e. The van der Waals surface area contributed by atoms with Gasteiger partial charge in [-0.05, 0) is 93.7 Å². The Morgan fingerprint density at radius 2 is 1.81 bits per heavy atom. The molecule has 9 nitrogen and oxygen atoms in total. The van der Waals surface area contributed by atoms with Crippen molar-refractivity contribution in [1.82, 2.24) is 19.4 Å². The Hall–Kier alpha value is -3.79. The number of para-hydroxylation sites is 2. The number of benzene rings is 3. The summed E-state index contributed by atoms with van der Waals surface area (Å²) in [4.78, 5) is 26.0. The highest BCUT2D eigenvalue weighted by molar-refractivity contribution is 6.30. The molecule has 3 heterocycles. The Kier molecular flexibility index (Phi) is 10.8. The first-order valence-corrected chi connectivity index (χ1v) is 17.5. The summed E-state index contributed by atoms with van der Waals surface area (Å²) < 4.78 is 19.1. The van der Waals surface area contributed by atoms with Gasteiger partial charge in [0.2, 0.25) is 5.95 Å². The standard InChI is InChI=1S/C38H48ClN5O4/c1-5-48-23-22-44-33-13-7-6-12-32(33)40-37(44)42-17-9-16-41(20-21-42)18-14-38(30-10-8-11-31(39)26-30)15-19-43(27-38)36(45)29-24-28(2)35(47-4)34(25-29)46-3/h6-8,10-13,24-26H,5,9,14-23,27H2,1-4H3. The van der Waals surface area contributed by atoms with E-state index in [2.05, 4.69) is 50.8 Å². The van der Waals surface area contributed by atoms with Gasteiger partial charge in [0, 0.05) is 61.9 Å². The molecule has 4 aromatic rings. The number of rotatable bonds is 12. The van der Waals surface area contributed by atoms with Gasteiger partial charge in [-0.2, -0.15) is 0 Å². The summed E-state index contributed by atoms with van der Waals surface area (Å²) in [5.74, 6) is 2.27. The van der Waals surface area contributed by atoms with E-state index in [0.717, 1.165) is 86.1 Å². The van der Waals surface area contributed by atoms with Crippen LogP contribution in [0.1, 0.15) is 47.7 Å². The first-order chi connectivity index (χ1) is 23.4. The second-order valence-corrected chi connectivity index (χ2v) is 13.4. The molecule has 0 N–H and O–H groups in total. The summed E-state index contributed by atoms with van der Waals surface area (Å²) in [6.07, 6.45) is 2.88. The fourth-order valence-corrected chi connectivity index (χ4v) is 7.69. The Morgan fingerprint density at radius 3 is 2.60 bits per heavy atom. The van der Waals surface area contributed by atoms with Crippen molar-refractivity contribution in [2.24, 2.45) is 0 Å². The molecule has 0 spiro atoms. The maximum absolute atomic E-state index is 13.9. The van der Waals surface area contributed by atoms with Crippen LogP contribution < -0.4 is 14.4 Å². The van der Waals surface area contributed by atoms with Crippen molar-refractivity contribution < 1.29 is 19.0 Å². The molecular formula is C38H48ClN5O4. The van der Waals surface area contributed by atoms with Gasteiger partial charge in [-0.25, -0.2) is 4.98 Å². The van der Waals surface area contributed by atoms with Gasteiger partial charge in [-0.15, -0.1) is 0 Å². The monoisotopic (exact) mass is 673 g/mol. The number of nitrogens with zero attached hydrogens (tertiary/aromatic N) is 5. The summed E-state index contributed by atoms with van der Waals surface area (Å²) in [6.45, 7) is 12.2. The first-order valence-electron chi connectivity index (χ1n) is 17.1. The molecule has 1 aromatic heterocycles. The van der Waals surface area contributed by atoms with Gasteiger partial charge in [-0.3, -0.25) is 4.79 Å². The SMILES string of the molecule is CCOCCn1c(N2CCCN(CCC3(c4cccc(Cl)c4)CCN(C(=O)c4cc(C)c(OC)c(OC)c4)C3)CC2)nc2ccccc21. The molecule has 0 bridgehead atoms. The Balaban J connectivity index is 1.17. The number of halogens is 1. The molecule has 48 heavy (non-hydrogen) atoms. The van der Waals surface area contributed by atoms with Gasteiger partial charge in [0.1, 0.15) is 0 Å². The summed E-state index contributed by atoms with van der Waals surface area (Å²) >= 11 is 6.55. The molecule has 0 saturated carbocycles. The Morgan fingerprint density at radius 1 is 0.958 bits per heavy atom. The smallest absolute Gasteiger partial charge is 0.254 e. The predicted molar refractivity (Wildman–Crippen MR) is 192 cm³/mol. The quantitative estimate of drug-likeness (QED) is 0.160. The molecule has 2 saturated heterocycles. The van der Waals surface area contributed by atoms with Gasteiger partial charge in [0.15, 0.2) is 11.5 Å². The van der Waals surface area contributed by atoms with Gasteiger partial charge in [0.05, 0.1) is 31.9 Å². The van der Waals surface area contributed by atoms with Gasteiger partial charge >= 0.3 is 0 Å². The second-order valence-electron chi connectivity index (χ2n) is 13.0. The van der Waals surface area contributed by atoms with Crippen molar-refractivity contribution in [3.63, 3.8) is 0 Å². The molecule has 0 aliphatic carbocycles. The van der Waals surface area contributed by atoms with E-state index in [0.29, 0.717) is 43.4 Å². The van der Waals surface area contributed by atoms with Crippen molar-refractivity contribution in [3.05, 3.63) is 82.4 Å².